The van der Waals surface area contributed by atoms with Crippen LogP contribution in [-0.4, -0.2) is 23.9 Å². The number of Topliss-reactive ketones (excluding diaryl/α,β-unsaturated/α-hetero) is 1. The van der Waals surface area contributed by atoms with Crippen molar-refractivity contribution in [2.24, 2.45) is 0 Å². The van der Waals surface area contributed by atoms with E-state index < -0.39 is 0 Å². The first-order chi connectivity index (χ1) is 5.34. The number of hydrogen-bond acceptors (Lipinski definition) is 3. The fourth-order valence-electron chi connectivity index (χ4n) is 0.878. The zero-order chi connectivity index (χ0) is 8.10. The Labute approximate surface area is 71.0 Å². The topological polar surface area (TPSA) is 26.3 Å². The third kappa shape index (κ3) is 2.58. The van der Waals surface area contributed by atoms with Crippen molar-refractivity contribution in [1.29, 1.82) is 0 Å². The molecule has 0 unspecified atom stereocenters. The average Bonchev–Trinajstić information content (AvgIpc) is 2.52. The molecule has 0 aliphatic carbocycles. The molecule has 0 saturated carbocycles. The quantitative estimate of drug-likeness (QED) is 0.644. The number of ketones is 1. The van der Waals surface area contributed by atoms with Gasteiger partial charge in [0.25, 0.3) is 0 Å². The molecular weight excluding hydrogens is 160 g/mol. The fraction of sp³-hybridized carbons (Fsp3) is 0.625. The third-order valence-electron chi connectivity index (χ3n) is 1.42. The van der Waals surface area contributed by atoms with Crippen molar-refractivity contribution < 1.29 is 9.53 Å². The number of hydrogen-bond donors (Lipinski definition) is 0. The van der Waals surface area contributed by atoms with E-state index in [0.717, 1.165) is 12.2 Å². The van der Waals surface area contributed by atoms with Crippen LogP contribution >= 0.6 is 11.8 Å². The first-order valence-electron chi connectivity index (χ1n) is 3.78. The number of allylic oxidation sites excluding steroid dienone is 1. The summed E-state index contributed by atoms with van der Waals surface area (Å²) < 4.78 is 5.11. The minimum atomic E-state index is 0.134. The summed E-state index contributed by atoms with van der Waals surface area (Å²) >= 11 is 1.63. The molecule has 0 N–H and O–H groups in total. The van der Waals surface area contributed by atoms with E-state index in [9.17, 15) is 4.79 Å². The highest BCUT2D eigenvalue weighted by molar-refractivity contribution is 7.99. The molecule has 11 heavy (non-hydrogen) atoms. The zero-order valence-electron chi connectivity index (χ0n) is 6.63. The lowest BCUT2D eigenvalue weighted by atomic mass is 10.3. The van der Waals surface area contributed by atoms with Crippen LogP contribution in [-0.2, 0) is 9.53 Å². The molecule has 1 heterocycles. The Bertz CT molecular complexity index is 175. The van der Waals surface area contributed by atoms with Crippen molar-refractivity contribution in [1.82, 2.24) is 0 Å². The average molecular weight is 172 g/mol. The van der Waals surface area contributed by atoms with Crippen molar-refractivity contribution in [2.45, 2.75) is 13.3 Å². The molecular formula is C8H12O2S. The maximum absolute atomic E-state index is 11.2. The van der Waals surface area contributed by atoms with Crippen LogP contribution in [0, 0.1) is 0 Å². The van der Waals surface area contributed by atoms with Gasteiger partial charge in [-0.15, -0.1) is 0 Å². The monoisotopic (exact) mass is 172 g/mol. The Balaban J connectivity index is 2.29. The summed E-state index contributed by atoms with van der Waals surface area (Å²) in [6.07, 6.45) is 2.76. The lowest BCUT2D eigenvalue weighted by Gasteiger charge is -2.00. The molecule has 0 spiro atoms. The SMILES string of the molecule is CCSCC(=O)C1=CCCO1. The van der Waals surface area contributed by atoms with E-state index >= 15 is 0 Å². The van der Waals surface area contributed by atoms with Gasteiger partial charge in [-0.05, 0) is 11.8 Å². The van der Waals surface area contributed by atoms with Crippen LogP contribution in [0.1, 0.15) is 13.3 Å². The van der Waals surface area contributed by atoms with Crippen LogP contribution < -0.4 is 0 Å². The van der Waals surface area contributed by atoms with Gasteiger partial charge in [0, 0.05) is 6.42 Å². The number of carbonyl (C=O) groups is 1. The molecule has 0 bridgehead atoms. The van der Waals surface area contributed by atoms with Crippen LogP contribution in [0.3, 0.4) is 0 Å². The normalized spacial score (nSPS) is 15.9. The Morgan fingerprint density at radius 3 is 3.18 bits per heavy atom. The molecule has 1 rings (SSSR count). The highest BCUT2D eigenvalue weighted by atomic mass is 32.2. The number of rotatable bonds is 4. The summed E-state index contributed by atoms with van der Waals surface area (Å²) in [5, 5.41) is 0. The van der Waals surface area contributed by atoms with Gasteiger partial charge in [0.2, 0.25) is 5.78 Å². The van der Waals surface area contributed by atoms with Crippen LogP contribution in [0.2, 0.25) is 0 Å². The molecule has 1 aliphatic rings. The summed E-state index contributed by atoms with van der Waals surface area (Å²) in [6, 6.07) is 0. The Morgan fingerprint density at radius 1 is 1.82 bits per heavy atom. The standard InChI is InChI=1S/C8H12O2S/c1-2-11-6-7(9)8-4-3-5-10-8/h4H,2-3,5-6H2,1H3. The van der Waals surface area contributed by atoms with Gasteiger partial charge in [-0.1, -0.05) is 6.92 Å². The Kier molecular flexibility index (Phi) is 3.49. The maximum Gasteiger partial charge on any atom is 0.206 e. The Hall–Kier alpha value is -0.440. The van der Waals surface area contributed by atoms with Crippen molar-refractivity contribution in [3.05, 3.63) is 11.8 Å². The van der Waals surface area contributed by atoms with Gasteiger partial charge in [-0.25, -0.2) is 0 Å². The first kappa shape index (κ1) is 8.65. The van der Waals surface area contributed by atoms with Crippen LogP contribution in [0.15, 0.2) is 11.8 Å². The number of thioether (sulfide) groups is 1. The second-order valence-electron chi connectivity index (χ2n) is 2.27. The predicted octanol–water partition coefficient (Wildman–Crippen LogP) is 1.61. The van der Waals surface area contributed by atoms with Crippen molar-refractivity contribution >= 4 is 17.5 Å². The maximum atomic E-state index is 11.2. The number of carbonyl (C=O) groups excluding carboxylic acids is 1. The van der Waals surface area contributed by atoms with E-state index in [-0.39, 0.29) is 5.78 Å². The van der Waals surface area contributed by atoms with Gasteiger partial charge in [0.1, 0.15) is 0 Å². The molecule has 62 valence electrons. The van der Waals surface area contributed by atoms with Gasteiger partial charge >= 0.3 is 0 Å². The van der Waals surface area contributed by atoms with E-state index in [1.54, 1.807) is 11.8 Å². The van der Waals surface area contributed by atoms with Crippen molar-refractivity contribution in [3.8, 4) is 0 Å². The second kappa shape index (κ2) is 4.44. The fourth-order valence-corrected chi connectivity index (χ4v) is 1.41. The minimum absolute atomic E-state index is 0.134. The van der Waals surface area contributed by atoms with Gasteiger partial charge in [0.15, 0.2) is 5.76 Å². The summed E-state index contributed by atoms with van der Waals surface area (Å²) in [5.41, 5.74) is 0. The molecule has 3 heteroatoms. The smallest absolute Gasteiger partial charge is 0.206 e. The minimum Gasteiger partial charge on any atom is -0.490 e. The van der Waals surface area contributed by atoms with Gasteiger partial charge in [-0.2, -0.15) is 11.8 Å². The van der Waals surface area contributed by atoms with E-state index in [0.29, 0.717) is 18.1 Å². The van der Waals surface area contributed by atoms with Gasteiger partial charge < -0.3 is 4.74 Å². The van der Waals surface area contributed by atoms with Crippen molar-refractivity contribution in [2.75, 3.05) is 18.1 Å². The molecule has 0 aromatic carbocycles. The third-order valence-corrected chi connectivity index (χ3v) is 2.29. The highest BCUT2D eigenvalue weighted by Crippen LogP contribution is 2.12. The summed E-state index contributed by atoms with van der Waals surface area (Å²) in [5.74, 6) is 2.25. The predicted molar refractivity (Wildman–Crippen MR) is 46.7 cm³/mol. The molecule has 0 radical (unpaired) electrons. The van der Waals surface area contributed by atoms with Gasteiger partial charge in [-0.3, -0.25) is 4.79 Å². The number of ether oxygens (including phenoxy) is 1. The van der Waals surface area contributed by atoms with E-state index in [2.05, 4.69) is 0 Å². The lowest BCUT2D eigenvalue weighted by molar-refractivity contribution is -0.116. The molecule has 0 aromatic rings. The van der Waals surface area contributed by atoms with Crippen molar-refractivity contribution in [3.63, 3.8) is 0 Å². The van der Waals surface area contributed by atoms with Gasteiger partial charge in [0.05, 0.1) is 12.4 Å². The summed E-state index contributed by atoms with van der Waals surface area (Å²) in [4.78, 5) is 11.2. The van der Waals surface area contributed by atoms with Crippen LogP contribution in [0.25, 0.3) is 0 Å². The van der Waals surface area contributed by atoms with E-state index in [4.69, 9.17) is 4.74 Å². The van der Waals surface area contributed by atoms with Crippen LogP contribution in [0.5, 0.6) is 0 Å². The lowest BCUT2D eigenvalue weighted by Crippen LogP contribution is -2.05. The molecule has 0 amide bonds. The molecule has 1 aliphatic heterocycles. The highest BCUT2D eigenvalue weighted by Gasteiger charge is 2.13. The van der Waals surface area contributed by atoms with E-state index in [1.807, 2.05) is 13.0 Å². The summed E-state index contributed by atoms with van der Waals surface area (Å²) in [7, 11) is 0. The van der Waals surface area contributed by atoms with E-state index in [1.165, 1.54) is 0 Å². The molecule has 0 atom stereocenters. The van der Waals surface area contributed by atoms with Crippen LogP contribution in [0.4, 0.5) is 0 Å². The zero-order valence-corrected chi connectivity index (χ0v) is 7.45. The molecule has 2 nitrogen and oxygen atoms in total. The molecule has 0 fully saturated rings. The largest absolute Gasteiger partial charge is 0.490 e. The first-order valence-corrected chi connectivity index (χ1v) is 4.94. The second-order valence-corrected chi connectivity index (χ2v) is 3.54. The summed E-state index contributed by atoms with van der Waals surface area (Å²) in [6.45, 7) is 2.72. The molecule has 0 saturated heterocycles. The Morgan fingerprint density at radius 2 is 2.64 bits per heavy atom. The molecule has 0 aromatic heterocycles.